The summed E-state index contributed by atoms with van der Waals surface area (Å²) in [5, 5.41) is 3.00. The second-order valence-electron chi connectivity index (χ2n) is 6.72. The molecule has 3 rings (SSSR count). The first kappa shape index (κ1) is 17.3. The maximum absolute atomic E-state index is 12.6. The molecule has 6 nitrogen and oxygen atoms in total. The van der Waals surface area contributed by atoms with Crippen LogP contribution in [0.5, 0.6) is 0 Å². The smallest absolute Gasteiger partial charge is 0.224 e. The molecule has 2 saturated heterocycles. The largest absolute Gasteiger partial charge is 0.383 e. The van der Waals surface area contributed by atoms with Gasteiger partial charge in [0.2, 0.25) is 5.91 Å². The Balaban J connectivity index is 1.65. The summed E-state index contributed by atoms with van der Waals surface area (Å²) in [4.78, 5) is 19.5. The zero-order valence-electron chi connectivity index (χ0n) is 14.5. The lowest BCUT2D eigenvalue weighted by molar-refractivity contribution is -0.131. The number of aryl methyl sites for hydroxylation is 1. The van der Waals surface area contributed by atoms with E-state index >= 15 is 0 Å². The Hall–Kier alpha value is -1.50. The first-order valence-corrected chi connectivity index (χ1v) is 8.70. The van der Waals surface area contributed by atoms with Crippen LogP contribution < -0.4 is 5.32 Å². The first-order valence-electron chi connectivity index (χ1n) is 8.70. The number of ether oxygens (including phenoxy) is 2. The number of nitrogens with zero attached hydrogens (tertiary/aromatic N) is 2. The van der Waals surface area contributed by atoms with Gasteiger partial charge in [-0.1, -0.05) is 6.07 Å². The van der Waals surface area contributed by atoms with E-state index in [0.29, 0.717) is 19.1 Å². The van der Waals surface area contributed by atoms with Gasteiger partial charge in [0.25, 0.3) is 0 Å². The Morgan fingerprint density at radius 2 is 2.33 bits per heavy atom. The van der Waals surface area contributed by atoms with E-state index in [4.69, 9.17) is 9.47 Å². The normalized spacial score (nSPS) is 27.0. The number of carbonyl (C=O) groups excluding carboxylic acids is 1. The number of aromatic nitrogens is 1. The summed E-state index contributed by atoms with van der Waals surface area (Å²) in [6.07, 6.45) is 1.13. The molecular formula is C18H27N3O3. The molecule has 2 aliphatic rings. The minimum atomic E-state index is -0.0204. The van der Waals surface area contributed by atoms with Gasteiger partial charge in [-0.05, 0) is 25.5 Å². The molecule has 0 radical (unpaired) electrons. The standard InChI is InChI=1S/C18H27N3O3/c1-13-4-3-5-14(20-13)10-21-11-16(18(22)19-7-9-23-2)15-6-8-24-17(15)12-21/h3-5,15-17H,6-12H2,1-2H3,(H,19,22)/t15-,16-,17+/m1/s1. The van der Waals surface area contributed by atoms with E-state index in [1.54, 1.807) is 7.11 Å². The van der Waals surface area contributed by atoms with Gasteiger partial charge < -0.3 is 14.8 Å². The van der Waals surface area contributed by atoms with Crippen LogP contribution in [0.25, 0.3) is 0 Å². The molecule has 1 amide bonds. The van der Waals surface area contributed by atoms with Crippen molar-refractivity contribution in [2.45, 2.75) is 26.0 Å². The molecule has 1 N–H and O–H groups in total. The van der Waals surface area contributed by atoms with Crippen molar-refractivity contribution in [1.82, 2.24) is 15.2 Å². The fraction of sp³-hybridized carbons (Fsp3) is 0.667. The van der Waals surface area contributed by atoms with Gasteiger partial charge in [-0.3, -0.25) is 14.7 Å². The third-order valence-corrected chi connectivity index (χ3v) is 4.94. The van der Waals surface area contributed by atoms with Gasteiger partial charge >= 0.3 is 0 Å². The van der Waals surface area contributed by atoms with Crippen molar-refractivity contribution < 1.29 is 14.3 Å². The van der Waals surface area contributed by atoms with Gasteiger partial charge in [0.15, 0.2) is 0 Å². The molecule has 2 fully saturated rings. The van der Waals surface area contributed by atoms with Crippen molar-refractivity contribution in [3.05, 3.63) is 29.6 Å². The van der Waals surface area contributed by atoms with Gasteiger partial charge in [0.05, 0.1) is 24.3 Å². The summed E-state index contributed by atoms with van der Waals surface area (Å²) >= 11 is 0. The summed E-state index contributed by atoms with van der Waals surface area (Å²) < 4.78 is 10.9. The number of pyridine rings is 1. The zero-order valence-corrected chi connectivity index (χ0v) is 14.5. The molecule has 2 aliphatic heterocycles. The number of nitrogens with one attached hydrogen (secondary N) is 1. The molecule has 3 heterocycles. The van der Waals surface area contributed by atoms with Crippen LogP contribution in [-0.4, -0.2) is 61.9 Å². The van der Waals surface area contributed by atoms with Crippen LogP contribution in [-0.2, 0) is 20.8 Å². The van der Waals surface area contributed by atoms with E-state index in [2.05, 4.69) is 15.2 Å². The molecule has 3 atom stereocenters. The van der Waals surface area contributed by atoms with Crippen molar-refractivity contribution >= 4 is 5.91 Å². The van der Waals surface area contributed by atoms with Crippen molar-refractivity contribution in [3.8, 4) is 0 Å². The second kappa shape index (κ2) is 8.05. The van der Waals surface area contributed by atoms with Crippen LogP contribution in [0, 0.1) is 18.8 Å². The van der Waals surface area contributed by atoms with Gasteiger partial charge in [-0.25, -0.2) is 0 Å². The molecule has 0 saturated carbocycles. The summed E-state index contributed by atoms with van der Waals surface area (Å²) in [6.45, 7) is 6.26. The van der Waals surface area contributed by atoms with Gasteiger partial charge in [-0.15, -0.1) is 0 Å². The van der Waals surface area contributed by atoms with Crippen molar-refractivity contribution in [1.29, 1.82) is 0 Å². The van der Waals surface area contributed by atoms with Crippen LogP contribution >= 0.6 is 0 Å². The lowest BCUT2D eigenvalue weighted by Crippen LogP contribution is -2.52. The van der Waals surface area contributed by atoms with Crippen molar-refractivity contribution in [2.75, 3.05) is 40.0 Å². The lowest BCUT2D eigenvalue weighted by Gasteiger charge is -2.39. The summed E-state index contributed by atoms with van der Waals surface area (Å²) in [6, 6.07) is 6.08. The second-order valence-corrected chi connectivity index (χ2v) is 6.72. The van der Waals surface area contributed by atoms with Gasteiger partial charge in [0, 0.05) is 51.5 Å². The maximum atomic E-state index is 12.6. The highest BCUT2D eigenvalue weighted by Crippen LogP contribution is 2.34. The highest BCUT2D eigenvalue weighted by Gasteiger charge is 2.43. The maximum Gasteiger partial charge on any atom is 0.224 e. The Labute approximate surface area is 143 Å². The third-order valence-electron chi connectivity index (χ3n) is 4.94. The molecule has 6 heteroatoms. The van der Waals surface area contributed by atoms with Crippen LogP contribution in [0.3, 0.4) is 0 Å². The zero-order chi connectivity index (χ0) is 16.9. The number of piperidine rings is 1. The van der Waals surface area contributed by atoms with Crippen molar-refractivity contribution in [3.63, 3.8) is 0 Å². The Morgan fingerprint density at radius 3 is 3.12 bits per heavy atom. The van der Waals surface area contributed by atoms with E-state index in [1.165, 1.54) is 0 Å². The first-order chi connectivity index (χ1) is 11.7. The predicted molar refractivity (Wildman–Crippen MR) is 90.5 cm³/mol. The van der Waals surface area contributed by atoms with E-state index in [9.17, 15) is 4.79 Å². The number of hydrogen-bond donors (Lipinski definition) is 1. The Bertz CT molecular complexity index is 566. The number of fused-ring (bicyclic) bond motifs is 1. The van der Waals surface area contributed by atoms with Crippen molar-refractivity contribution in [2.24, 2.45) is 11.8 Å². The number of amides is 1. The molecule has 24 heavy (non-hydrogen) atoms. The number of carbonyl (C=O) groups is 1. The quantitative estimate of drug-likeness (QED) is 0.787. The molecule has 0 bridgehead atoms. The molecule has 0 spiro atoms. The number of rotatable bonds is 6. The minimum absolute atomic E-state index is 0.0204. The summed E-state index contributed by atoms with van der Waals surface area (Å²) in [7, 11) is 1.64. The average molecular weight is 333 g/mol. The highest BCUT2D eigenvalue weighted by atomic mass is 16.5. The molecule has 1 aromatic heterocycles. The lowest BCUT2D eigenvalue weighted by atomic mass is 9.82. The van der Waals surface area contributed by atoms with Crippen LogP contribution in [0.2, 0.25) is 0 Å². The number of hydrogen-bond acceptors (Lipinski definition) is 5. The molecule has 0 aliphatic carbocycles. The van der Waals surface area contributed by atoms with Gasteiger partial charge in [-0.2, -0.15) is 0 Å². The van der Waals surface area contributed by atoms with E-state index in [0.717, 1.165) is 44.0 Å². The predicted octanol–water partition coefficient (Wildman–Crippen LogP) is 0.990. The molecule has 1 aromatic rings. The SMILES string of the molecule is COCCNC(=O)[C@@H]1CN(Cc2cccc(C)n2)C[C@@H]2OCC[C@@H]21. The molecule has 132 valence electrons. The van der Waals surface area contributed by atoms with Crippen LogP contribution in [0.1, 0.15) is 17.8 Å². The molecular weight excluding hydrogens is 306 g/mol. The topological polar surface area (TPSA) is 63.7 Å². The summed E-state index contributed by atoms with van der Waals surface area (Å²) in [5.74, 6) is 0.427. The van der Waals surface area contributed by atoms with Crippen LogP contribution in [0.15, 0.2) is 18.2 Å². The third kappa shape index (κ3) is 4.12. The van der Waals surface area contributed by atoms with E-state index in [1.807, 2.05) is 25.1 Å². The summed E-state index contributed by atoms with van der Waals surface area (Å²) in [5.41, 5.74) is 2.07. The van der Waals surface area contributed by atoms with Gasteiger partial charge in [0.1, 0.15) is 0 Å². The van der Waals surface area contributed by atoms with Crippen LogP contribution in [0.4, 0.5) is 0 Å². The Kier molecular flexibility index (Phi) is 5.81. The minimum Gasteiger partial charge on any atom is -0.383 e. The van der Waals surface area contributed by atoms with E-state index in [-0.39, 0.29) is 17.9 Å². The van der Waals surface area contributed by atoms with E-state index < -0.39 is 0 Å². The fourth-order valence-corrected chi connectivity index (χ4v) is 3.79. The average Bonchev–Trinajstić information content (AvgIpc) is 3.02. The number of likely N-dealkylation sites (tertiary alicyclic amines) is 1. The molecule has 0 aromatic carbocycles. The Morgan fingerprint density at radius 1 is 1.46 bits per heavy atom. The number of methoxy groups -OCH3 is 1. The fourth-order valence-electron chi connectivity index (χ4n) is 3.79. The molecule has 0 unspecified atom stereocenters. The highest BCUT2D eigenvalue weighted by molar-refractivity contribution is 5.79. The monoisotopic (exact) mass is 333 g/mol.